The molecule has 102 valence electrons. The van der Waals surface area contributed by atoms with Gasteiger partial charge in [-0.15, -0.1) is 0 Å². The molecule has 0 bridgehead atoms. The third-order valence-corrected chi connectivity index (χ3v) is 1.92. The number of ether oxygens (including phenoxy) is 2. The summed E-state index contributed by atoms with van der Waals surface area (Å²) in [5.41, 5.74) is -1.37. The van der Waals surface area contributed by atoms with Crippen LogP contribution in [-0.2, 0) is 22.1 Å². The van der Waals surface area contributed by atoms with Crippen LogP contribution in [0.3, 0.4) is 0 Å². The van der Waals surface area contributed by atoms with E-state index in [4.69, 9.17) is 9.15 Å². The minimum Gasteiger partial charge on any atom is -0.460 e. The standard InChI is InChI=1S/C10H12F3NO4/c1-3-17-9(15)7-8(10(11,12)13)14-6(18-7)4-5-16-2/h3-5H2,1-2H3. The molecule has 0 aliphatic heterocycles. The van der Waals surface area contributed by atoms with Gasteiger partial charge in [0.05, 0.1) is 13.2 Å². The second-order valence-corrected chi connectivity index (χ2v) is 3.25. The quantitative estimate of drug-likeness (QED) is 0.764. The lowest BCUT2D eigenvalue weighted by atomic mass is 10.3. The van der Waals surface area contributed by atoms with Crippen LogP contribution in [0.4, 0.5) is 13.2 Å². The number of hydrogen-bond acceptors (Lipinski definition) is 5. The lowest BCUT2D eigenvalue weighted by Crippen LogP contribution is -2.14. The summed E-state index contributed by atoms with van der Waals surface area (Å²) in [5, 5.41) is 0. The third kappa shape index (κ3) is 3.46. The monoisotopic (exact) mass is 267 g/mol. The van der Waals surface area contributed by atoms with Crippen LogP contribution < -0.4 is 0 Å². The maximum atomic E-state index is 12.6. The van der Waals surface area contributed by atoms with Gasteiger partial charge < -0.3 is 13.9 Å². The normalized spacial score (nSPS) is 11.6. The van der Waals surface area contributed by atoms with Gasteiger partial charge in [-0.25, -0.2) is 9.78 Å². The molecule has 0 N–H and O–H groups in total. The molecule has 0 aliphatic rings. The average molecular weight is 267 g/mol. The Hall–Kier alpha value is -1.57. The van der Waals surface area contributed by atoms with Gasteiger partial charge >= 0.3 is 12.1 Å². The summed E-state index contributed by atoms with van der Waals surface area (Å²) in [6.45, 7) is 1.57. The predicted molar refractivity (Wildman–Crippen MR) is 53.0 cm³/mol. The molecule has 1 heterocycles. The SMILES string of the molecule is CCOC(=O)c1oc(CCOC)nc1C(F)(F)F. The Labute approximate surface area is 101 Å². The highest BCUT2D eigenvalue weighted by Gasteiger charge is 2.41. The minimum absolute atomic E-state index is 0.0407. The molecule has 0 saturated heterocycles. The van der Waals surface area contributed by atoms with Crippen LogP contribution in [0.25, 0.3) is 0 Å². The zero-order valence-electron chi connectivity index (χ0n) is 9.84. The second kappa shape index (κ2) is 5.85. The van der Waals surface area contributed by atoms with Crippen LogP contribution in [0.5, 0.6) is 0 Å². The first-order valence-corrected chi connectivity index (χ1v) is 5.13. The number of carbonyl (C=O) groups is 1. The molecule has 5 nitrogen and oxygen atoms in total. The van der Waals surface area contributed by atoms with Crippen molar-refractivity contribution >= 4 is 5.97 Å². The summed E-state index contributed by atoms with van der Waals surface area (Å²) >= 11 is 0. The number of aromatic nitrogens is 1. The van der Waals surface area contributed by atoms with Crippen molar-refractivity contribution in [3.8, 4) is 0 Å². The molecular weight excluding hydrogens is 255 g/mol. The molecule has 1 rings (SSSR count). The Morgan fingerprint density at radius 2 is 2.11 bits per heavy atom. The molecule has 0 aliphatic carbocycles. The van der Waals surface area contributed by atoms with Crippen molar-refractivity contribution in [1.82, 2.24) is 4.98 Å². The molecular formula is C10H12F3NO4. The summed E-state index contributed by atoms with van der Waals surface area (Å²) in [4.78, 5) is 14.6. The van der Waals surface area contributed by atoms with Crippen LogP contribution in [-0.4, -0.2) is 31.3 Å². The topological polar surface area (TPSA) is 61.6 Å². The molecule has 0 saturated carbocycles. The number of methoxy groups -OCH3 is 1. The summed E-state index contributed by atoms with van der Waals surface area (Å²) in [6.07, 6.45) is -4.73. The van der Waals surface area contributed by atoms with Gasteiger partial charge in [-0.3, -0.25) is 0 Å². The van der Waals surface area contributed by atoms with E-state index in [-0.39, 0.29) is 25.5 Å². The molecule has 8 heteroatoms. The number of nitrogens with zero attached hydrogens (tertiary/aromatic N) is 1. The van der Waals surface area contributed by atoms with Gasteiger partial charge in [0.1, 0.15) is 0 Å². The van der Waals surface area contributed by atoms with E-state index in [1.165, 1.54) is 14.0 Å². The molecule has 18 heavy (non-hydrogen) atoms. The first-order chi connectivity index (χ1) is 8.40. The van der Waals surface area contributed by atoms with Crippen LogP contribution in [0.2, 0.25) is 0 Å². The number of alkyl halides is 3. The van der Waals surface area contributed by atoms with E-state index in [2.05, 4.69) is 9.72 Å². The van der Waals surface area contributed by atoms with Crippen molar-refractivity contribution in [3.63, 3.8) is 0 Å². The number of rotatable bonds is 5. The summed E-state index contributed by atoms with van der Waals surface area (Å²) in [5.74, 6) is -2.32. The van der Waals surface area contributed by atoms with Crippen LogP contribution >= 0.6 is 0 Å². The fourth-order valence-corrected chi connectivity index (χ4v) is 1.19. The zero-order chi connectivity index (χ0) is 13.8. The largest absolute Gasteiger partial charge is 0.460 e. The van der Waals surface area contributed by atoms with Crippen molar-refractivity contribution in [1.29, 1.82) is 0 Å². The molecule has 0 radical (unpaired) electrons. The summed E-state index contributed by atoms with van der Waals surface area (Å²) in [7, 11) is 1.39. The Morgan fingerprint density at radius 3 is 2.61 bits per heavy atom. The Bertz CT molecular complexity index is 414. The Morgan fingerprint density at radius 1 is 1.44 bits per heavy atom. The Kier molecular flexibility index (Phi) is 4.71. The van der Waals surface area contributed by atoms with Crippen LogP contribution in [0, 0.1) is 0 Å². The fraction of sp³-hybridized carbons (Fsp3) is 0.600. The van der Waals surface area contributed by atoms with Crippen molar-refractivity contribution < 1.29 is 31.9 Å². The Balaban J connectivity index is 3.05. The van der Waals surface area contributed by atoms with Crippen molar-refractivity contribution in [2.45, 2.75) is 19.5 Å². The number of esters is 1. The van der Waals surface area contributed by atoms with E-state index in [1.807, 2.05) is 0 Å². The molecule has 1 aromatic rings. The van der Waals surface area contributed by atoms with Gasteiger partial charge in [0, 0.05) is 13.5 Å². The number of halogens is 3. The molecule has 0 atom stereocenters. The van der Waals surface area contributed by atoms with E-state index in [1.54, 1.807) is 0 Å². The van der Waals surface area contributed by atoms with E-state index < -0.39 is 23.6 Å². The minimum atomic E-state index is -4.77. The summed E-state index contributed by atoms with van der Waals surface area (Å²) < 4.78 is 51.8. The van der Waals surface area contributed by atoms with E-state index in [9.17, 15) is 18.0 Å². The van der Waals surface area contributed by atoms with Gasteiger partial charge in [0.2, 0.25) is 5.76 Å². The predicted octanol–water partition coefficient (Wildman–Crippen LogP) is 2.06. The lowest BCUT2D eigenvalue weighted by molar-refractivity contribution is -0.141. The second-order valence-electron chi connectivity index (χ2n) is 3.25. The van der Waals surface area contributed by atoms with Gasteiger partial charge in [-0.1, -0.05) is 0 Å². The van der Waals surface area contributed by atoms with Gasteiger partial charge in [0.25, 0.3) is 0 Å². The van der Waals surface area contributed by atoms with Crippen molar-refractivity contribution in [2.75, 3.05) is 20.3 Å². The number of carbonyl (C=O) groups excluding carboxylic acids is 1. The van der Waals surface area contributed by atoms with Gasteiger partial charge in [0.15, 0.2) is 11.6 Å². The summed E-state index contributed by atoms with van der Waals surface area (Å²) in [6, 6.07) is 0. The number of oxazole rings is 1. The highest BCUT2D eigenvalue weighted by Crippen LogP contribution is 2.32. The molecule has 0 aromatic carbocycles. The van der Waals surface area contributed by atoms with E-state index >= 15 is 0 Å². The van der Waals surface area contributed by atoms with Crippen LogP contribution in [0.15, 0.2) is 4.42 Å². The van der Waals surface area contributed by atoms with E-state index in [0.717, 1.165) is 0 Å². The fourth-order valence-electron chi connectivity index (χ4n) is 1.19. The zero-order valence-corrected chi connectivity index (χ0v) is 9.84. The van der Waals surface area contributed by atoms with Crippen LogP contribution in [0.1, 0.15) is 29.1 Å². The van der Waals surface area contributed by atoms with Gasteiger partial charge in [-0.2, -0.15) is 13.2 Å². The smallest absolute Gasteiger partial charge is 0.437 e. The highest BCUT2D eigenvalue weighted by molar-refractivity contribution is 5.87. The maximum Gasteiger partial charge on any atom is 0.437 e. The van der Waals surface area contributed by atoms with Crippen molar-refractivity contribution in [3.05, 3.63) is 17.3 Å². The molecule has 1 aromatic heterocycles. The van der Waals surface area contributed by atoms with Crippen molar-refractivity contribution in [2.24, 2.45) is 0 Å². The molecule has 0 amide bonds. The van der Waals surface area contributed by atoms with Gasteiger partial charge in [-0.05, 0) is 6.92 Å². The molecule has 0 spiro atoms. The van der Waals surface area contributed by atoms with E-state index in [0.29, 0.717) is 0 Å². The molecule has 0 unspecified atom stereocenters. The third-order valence-electron chi connectivity index (χ3n) is 1.92. The lowest BCUT2D eigenvalue weighted by Gasteiger charge is -2.03. The first-order valence-electron chi connectivity index (χ1n) is 5.13. The molecule has 0 fully saturated rings. The maximum absolute atomic E-state index is 12.6. The highest BCUT2D eigenvalue weighted by atomic mass is 19.4. The average Bonchev–Trinajstić information content (AvgIpc) is 2.70. The number of hydrogen-bond donors (Lipinski definition) is 0. The first kappa shape index (κ1) is 14.5.